The second kappa shape index (κ2) is 6.34. The van der Waals surface area contributed by atoms with E-state index in [0.717, 1.165) is 18.4 Å². The molecule has 0 unspecified atom stereocenters. The SMILES string of the molecule is CC(C)OCCc1cccc(-c2ocnc2C(=O)O)c1. The number of aromatic nitrogens is 1. The monoisotopic (exact) mass is 275 g/mol. The summed E-state index contributed by atoms with van der Waals surface area (Å²) in [6, 6.07) is 7.55. The number of rotatable bonds is 6. The summed E-state index contributed by atoms with van der Waals surface area (Å²) in [5.41, 5.74) is 1.71. The van der Waals surface area contributed by atoms with Gasteiger partial charge in [-0.25, -0.2) is 9.78 Å². The van der Waals surface area contributed by atoms with E-state index in [2.05, 4.69) is 4.98 Å². The van der Waals surface area contributed by atoms with Crippen molar-refractivity contribution in [3.63, 3.8) is 0 Å². The van der Waals surface area contributed by atoms with Crippen molar-refractivity contribution in [2.75, 3.05) is 6.61 Å². The van der Waals surface area contributed by atoms with E-state index in [1.807, 2.05) is 32.0 Å². The van der Waals surface area contributed by atoms with Gasteiger partial charge in [0.15, 0.2) is 17.8 Å². The van der Waals surface area contributed by atoms with Crippen LogP contribution in [0.4, 0.5) is 0 Å². The molecule has 0 amide bonds. The highest BCUT2D eigenvalue weighted by molar-refractivity contribution is 5.92. The van der Waals surface area contributed by atoms with Crippen LogP contribution in [0.3, 0.4) is 0 Å². The Balaban J connectivity index is 2.17. The summed E-state index contributed by atoms with van der Waals surface area (Å²) in [6.07, 6.45) is 2.11. The summed E-state index contributed by atoms with van der Waals surface area (Å²) in [7, 11) is 0. The number of nitrogens with zero attached hydrogens (tertiary/aromatic N) is 1. The Morgan fingerprint density at radius 1 is 1.45 bits per heavy atom. The molecule has 1 heterocycles. The molecule has 0 atom stereocenters. The molecule has 0 aliphatic heterocycles. The van der Waals surface area contributed by atoms with Crippen molar-refractivity contribution in [2.24, 2.45) is 0 Å². The lowest BCUT2D eigenvalue weighted by Gasteiger charge is -2.08. The first kappa shape index (κ1) is 14.3. The van der Waals surface area contributed by atoms with Crippen LogP contribution in [0, 0.1) is 0 Å². The van der Waals surface area contributed by atoms with E-state index in [4.69, 9.17) is 14.3 Å². The zero-order chi connectivity index (χ0) is 14.5. The van der Waals surface area contributed by atoms with E-state index in [-0.39, 0.29) is 17.6 Å². The first-order valence-corrected chi connectivity index (χ1v) is 6.45. The molecule has 0 aliphatic carbocycles. The lowest BCUT2D eigenvalue weighted by molar-refractivity contribution is 0.0691. The zero-order valence-electron chi connectivity index (χ0n) is 11.5. The molecule has 5 nitrogen and oxygen atoms in total. The van der Waals surface area contributed by atoms with Crippen molar-refractivity contribution >= 4 is 5.97 Å². The first-order chi connectivity index (χ1) is 9.58. The third kappa shape index (κ3) is 3.45. The highest BCUT2D eigenvalue weighted by Crippen LogP contribution is 2.24. The second-order valence-corrected chi connectivity index (χ2v) is 4.71. The molecular weight excluding hydrogens is 258 g/mol. The van der Waals surface area contributed by atoms with Crippen molar-refractivity contribution < 1.29 is 19.1 Å². The number of benzene rings is 1. The molecule has 2 aromatic rings. The predicted octanol–water partition coefficient (Wildman–Crippen LogP) is 3.01. The van der Waals surface area contributed by atoms with Gasteiger partial charge in [0.25, 0.3) is 0 Å². The standard InChI is InChI=1S/C15H17NO4/c1-10(2)19-7-6-11-4-3-5-12(8-11)14-13(15(17)18)16-9-20-14/h3-5,8-10H,6-7H2,1-2H3,(H,17,18). The molecule has 20 heavy (non-hydrogen) atoms. The Labute approximate surface area is 117 Å². The Hall–Kier alpha value is -2.14. The average molecular weight is 275 g/mol. The summed E-state index contributed by atoms with van der Waals surface area (Å²) in [4.78, 5) is 14.8. The van der Waals surface area contributed by atoms with Crippen LogP contribution in [0.2, 0.25) is 0 Å². The number of oxazole rings is 1. The average Bonchev–Trinajstić information content (AvgIpc) is 2.88. The number of hydrogen-bond donors (Lipinski definition) is 1. The molecule has 1 N–H and O–H groups in total. The second-order valence-electron chi connectivity index (χ2n) is 4.71. The highest BCUT2D eigenvalue weighted by atomic mass is 16.5. The minimum absolute atomic E-state index is 0.0689. The van der Waals surface area contributed by atoms with Gasteiger partial charge in [-0.2, -0.15) is 0 Å². The van der Waals surface area contributed by atoms with E-state index in [1.165, 1.54) is 0 Å². The molecule has 0 fully saturated rings. The number of carboxylic acids is 1. The Morgan fingerprint density at radius 2 is 2.25 bits per heavy atom. The van der Waals surface area contributed by atoms with E-state index in [9.17, 15) is 4.79 Å². The fourth-order valence-electron chi connectivity index (χ4n) is 1.88. The quantitative estimate of drug-likeness (QED) is 0.877. The van der Waals surface area contributed by atoms with Crippen LogP contribution in [0.25, 0.3) is 11.3 Å². The smallest absolute Gasteiger partial charge is 0.358 e. The predicted molar refractivity (Wildman–Crippen MR) is 73.7 cm³/mol. The molecule has 0 aliphatic rings. The fourth-order valence-corrected chi connectivity index (χ4v) is 1.88. The van der Waals surface area contributed by atoms with Gasteiger partial charge < -0.3 is 14.3 Å². The van der Waals surface area contributed by atoms with Crippen LogP contribution < -0.4 is 0 Å². The van der Waals surface area contributed by atoms with Gasteiger partial charge in [0.2, 0.25) is 0 Å². The van der Waals surface area contributed by atoms with Gasteiger partial charge in [0.1, 0.15) is 0 Å². The minimum Gasteiger partial charge on any atom is -0.476 e. The molecule has 0 bridgehead atoms. The summed E-state index contributed by atoms with van der Waals surface area (Å²) in [5, 5.41) is 9.05. The molecule has 5 heteroatoms. The van der Waals surface area contributed by atoms with Crippen LogP contribution in [-0.4, -0.2) is 28.8 Å². The number of carboxylic acid groups (broad SMARTS) is 1. The van der Waals surface area contributed by atoms with Gasteiger partial charge in [0, 0.05) is 5.56 Å². The number of carbonyl (C=O) groups is 1. The molecule has 2 rings (SSSR count). The summed E-state index contributed by atoms with van der Waals surface area (Å²) >= 11 is 0. The third-order valence-corrected chi connectivity index (χ3v) is 2.80. The molecular formula is C15H17NO4. The van der Waals surface area contributed by atoms with Crippen molar-refractivity contribution in [1.82, 2.24) is 4.98 Å². The van der Waals surface area contributed by atoms with E-state index in [1.54, 1.807) is 6.07 Å². The normalized spacial score (nSPS) is 10.9. The zero-order valence-corrected chi connectivity index (χ0v) is 11.5. The minimum atomic E-state index is -1.10. The van der Waals surface area contributed by atoms with Gasteiger partial charge in [-0.05, 0) is 31.9 Å². The van der Waals surface area contributed by atoms with E-state index < -0.39 is 5.97 Å². The van der Waals surface area contributed by atoms with Crippen LogP contribution in [0.1, 0.15) is 29.9 Å². The maximum absolute atomic E-state index is 11.0. The molecule has 0 spiro atoms. The number of aromatic carboxylic acids is 1. The Morgan fingerprint density at radius 3 is 2.95 bits per heavy atom. The largest absolute Gasteiger partial charge is 0.476 e. The van der Waals surface area contributed by atoms with Crippen LogP contribution >= 0.6 is 0 Å². The highest BCUT2D eigenvalue weighted by Gasteiger charge is 2.17. The Kier molecular flexibility index (Phi) is 4.53. The molecule has 0 radical (unpaired) electrons. The van der Waals surface area contributed by atoms with Gasteiger partial charge in [-0.3, -0.25) is 0 Å². The molecule has 106 valence electrons. The molecule has 1 aromatic heterocycles. The third-order valence-electron chi connectivity index (χ3n) is 2.80. The summed E-state index contributed by atoms with van der Waals surface area (Å²) in [6.45, 7) is 4.61. The number of hydrogen-bond acceptors (Lipinski definition) is 4. The lowest BCUT2D eigenvalue weighted by Crippen LogP contribution is -2.06. The first-order valence-electron chi connectivity index (χ1n) is 6.45. The fraction of sp³-hybridized carbons (Fsp3) is 0.333. The Bertz CT molecular complexity index is 589. The van der Waals surface area contributed by atoms with Gasteiger partial charge >= 0.3 is 5.97 Å². The van der Waals surface area contributed by atoms with E-state index >= 15 is 0 Å². The van der Waals surface area contributed by atoms with Gasteiger partial charge in [-0.1, -0.05) is 18.2 Å². The van der Waals surface area contributed by atoms with Gasteiger partial charge in [0.05, 0.1) is 12.7 Å². The maximum atomic E-state index is 11.0. The van der Waals surface area contributed by atoms with Crippen molar-refractivity contribution in [1.29, 1.82) is 0 Å². The van der Waals surface area contributed by atoms with Gasteiger partial charge in [-0.15, -0.1) is 0 Å². The van der Waals surface area contributed by atoms with Crippen LogP contribution in [-0.2, 0) is 11.2 Å². The molecule has 1 aromatic carbocycles. The van der Waals surface area contributed by atoms with Crippen molar-refractivity contribution in [3.8, 4) is 11.3 Å². The van der Waals surface area contributed by atoms with Crippen LogP contribution in [0.5, 0.6) is 0 Å². The maximum Gasteiger partial charge on any atom is 0.358 e. The summed E-state index contributed by atoms with van der Waals surface area (Å²) in [5.74, 6) is -0.813. The topological polar surface area (TPSA) is 72.6 Å². The van der Waals surface area contributed by atoms with E-state index in [0.29, 0.717) is 12.2 Å². The number of ether oxygens (including phenoxy) is 1. The van der Waals surface area contributed by atoms with Crippen molar-refractivity contribution in [3.05, 3.63) is 41.9 Å². The van der Waals surface area contributed by atoms with Crippen LogP contribution in [0.15, 0.2) is 35.1 Å². The summed E-state index contributed by atoms with van der Waals surface area (Å²) < 4.78 is 10.7. The lowest BCUT2D eigenvalue weighted by atomic mass is 10.1. The van der Waals surface area contributed by atoms with Crippen molar-refractivity contribution in [2.45, 2.75) is 26.4 Å². The molecule has 0 saturated carbocycles. The molecule has 0 saturated heterocycles.